The van der Waals surface area contributed by atoms with E-state index in [1.54, 1.807) is 18.6 Å². The number of pyridine rings is 1. The number of piperidine rings is 1. The molecular formula is C24H25N6O2S-. The molecule has 1 unspecified atom stereocenters. The summed E-state index contributed by atoms with van der Waals surface area (Å²) in [7, 11) is 0. The van der Waals surface area contributed by atoms with Gasteiger partial charge in [-0.2, -0.15) is 0 Å². The molecule has 4 aromatic rings. The number of hydrogen-bond donors (Lipinski definition) is 2. The van der Waals surface area contributed by atoms with Crippen LogP contribution in [-0.2, 0) is 17.6 Å². The van der Waals surface area contributed by atoms with Gasteiger partial charge >= 0.3 is 0 Å². The molecule has 1 aliphatic heterocycles. The Morgan fingerprint density at radius 1 is 1.15 bits per heavy atom. The summed E-state index contributed by atoms with van der Waals surface area (Å²) in [6.07, 6.45) is 7.12. The lowest BCUT2D eigenvalue weighted by atomic mass is 9.93. The Balaban J connectivity index is 1.35. The predicted molar refractivity (Wildman–Crippen MR) is 128 cm³/mol. The molecule has 0 saturated carbocycles. The van der Waals surface area contributed by atoms with Gasteiger partial charge in [-0.05, 0) is 54.7 Å². The van der Waals surface area contributed by atoms with Gasteiger partial charge in [0.1, 0.15) is 11.5 Å². The van der Waals surface area contributed by atoms with E-state index >= 15 is 0 Å². The highest BCUT2D eigenvalue weighted by Crippen LogP contribution is 2.33. The molecule has 33 heavy (non-hydrogen) atoms. The molecule has 4 heterocycles. The second-order valence-corrected chi connectivity index (χ2v) is 9.17. The van der Waals surface area contributed by atoms with Crippen LogP contribution in [0.1, 0.15) is 30.0 Å². The molecule has 1 fully saturated rings. The number of hydrogen-bond acceptors (Lipinski definition) is 7. The third-order valence-corrected chi connectivity index (χ3v) is 6.67. The quantitative estimate of drug-likeness (QED) is 0.404. The van der Waals surface area contributed by atoms with Gasteiger partial charge in [-0.25, -0.2) is 9.97 Å². The maximum Gasteiger partial charge on any atom is 0.145 e. The molecule has 5 rings (SSSR count). The van der Waals surface area contributed by atoms with E-state index in [1.165, 1.54) is 5.56 Å². The first-order chi connectivity index (χ1) is 16.2. The van der Waals surface area contributed by atoms with E-state index < -0.39 is 11.1 Å². The predicted octanol–water partition coefficient (Wildman–Crippen LogP) is 3.65. The molecule has 0 radical (unpaired) electrons. The maximum atomic E-state index is 11.0. The molecular weight excluding hydrogens is 436 g/mol. The summed E-state index contributed by atoms with van der Waals surface area (Å²) < 4.78 is 21.9. The molecule has 0 amide bonds. The Kier molecular flexibility index (Phi) is 6.43. The number of aromatic amines is 1. The fraction of sp³-hybridized carbons (Fsp3) is 0.292. The lowest BCUT2D eigenvalue weighted by Crippen LogP contribution is -2.35. The molecule has 8 nitrogen and oxygen atoms in total. The molecule has 0 bridgehead atoms. The lowest BCUT2D eigenvalue weighted by molar-refractivity contribution is 0.238. The molecule has 0 aliphatic carbocycles. The fourth-order valence-corrected chi connectivity index (χ4v) is 4.94. The lowest BCUT2D eigenvalue weighted by Gasteiger charge is -2.31. The van der Waals surface area contributed by atoms with E-state index in [0.717, 1.165) is 59.7 Å². The van der Waals surface area contributed by atoms with Crippen LogP contribution in [0, 0.1) is 0 Å². The number of likely N-dealkylation sites (tertiary alicyclic amines) is 1. The monoisotopic (exact) mass is 461 g/mol. The Morgan fingerprint density at radius 3 is 2.76 bits per heavy atom. The van der Waals surface area contributed by atoms with Crippen LogP contribution in [-0.4, -0.2) is 52.6 Å². The Hall–Kier alpha value is -3.14. The molecule has 170 valence electrons. The van der Waals surface area contributed by atoms with Crippen molar-refractivity contribution < 1.29 is 8.76 Å². The fourth-order valence-electron chi connectivity index (χ4n) is 4.38. The van der Waals surface area contributed by atoms with Crippen LogP contribution in [0.25, 0.3) is 22.3 Å². The summed E-state index contributed by atoms with van der Waals surface area (Å²) in [5.41, 5.74) is 4.92. The number of rotatable bonds is 7. The topological polar surface area (TPSA) is 110 Å². The third kappa shape index (κ3) is 5.11. The van der Waals surface area contributed by atoms with E-state index in [4.69, 9.17) is 4.98 Å². The summed E-state index contributed by atoms with van der Waals surface area (Å²) in [5.74, 6) is 1.19. The number of H-pyrrole nitrogens is 1. The first kappa shape index (κ1) is 21.7. The zero-order chi connectivity index (χ0) is 22.6. The average molecular weight is 462 g/mol. The number of benzene rings is 1. The summed E-state index contributed by atoms with van der Waals surface area (Å²) >= 11 is -2.03. The van der Waals surface area contributed by atoms with Crippen molar-refractivity contribution in [2.75, 3.05) is 24.3 Å². The van der Waals surface area contributed by atoms with Gasteiger partial charge in [-0.3, -0.25) is 14.1 Å². The average Bonchev–Trinajstić information content (AvgIpc) is 3.28. The molecule has 1 aromatic carbocycles. The summed E-state index contributed by atoms with van der Waals surface area (Å²) in [5, 5.41) is 4.37. The number of nitrogens with zero attached hydrogens (tertiary/aromatic N) is 4. The highest BCUT2D eigenvalue weighted by atomic mass is 32.2. The van der Waals surface area contributed by atoms with E-state index in [2.05, 4.69) is 38.5 Å². The van der Waals surface area contributed by atoms with E-state index in [1.807, 2.05) is 29.2 Å². The Bertz CT molecular complexity index is 1250. The van der Waals surface area contributed by atoms with E-state index in [0.29, 0.717) is 12.5 Å². The number of aromatic nitrogens is 4. The Morgan fingerprint density at radius 2 is 1.97 bits per heavy atom. The summed E-state index contributed by atoms with van der Waals surface area (Å²) in [6, 6.07) is 14.3. The second kappa shape index (κ2) is 9.78. The van der Waals surface area contributed by atoms with Crippen molar-refractivity contribution in [3.8, 4) is 11.3 Å². The molecule has 2 N–H and O–H groups in total. The van der Waals surface area contributed by atoms with Crippen molar-refractivity contribution in [3.05, 3.63) is 72.3 Å². The van der Waals surface area contributed by atoms with Gasteiger partial charge in [0.15, 0.2) is 0 Å². The van der Waals surface area contributed by atoms with Crippen LogP contribution in [0.15, 0.2) is 61.1 Å². The first-order valence-electron chi connectivity index (χ1n) is 11.0. The van der Waals surface area contributed by atoms with Gasteiger partial charge in [0.05, 0.1) is 24.0 Å². The summed E-state index contributed by atoms with van der Waals surface area (Å²) in [6.45, 7) is 2.22. The number of fused-ring (bicyclic) bond motifs is 1. The first-order valence-corrected chi connectivity index (χ1v) is 12.3. The van der Waals surface area contributed by atoms with Crippen LogP contribution in [0.3, 0.4) is 0 Å². The standard InChI is InChI=1S/C24H26N6O2S/c31-33(32)16-30-10-7-18(8-11-30)21-12-20-19(6-9-26-24(20)29-21)22-14-25-15-23(28-22)27-13-17-4-2-1-3-5-17/h1-6,9,12,14-15,18H,7-8,10-11,13,16H2,(H,26,29)(H,27,28)(H,31,32)/p-1. The van der Waals surface area contributed by atoms with Crippen LogP contribution in [0.2, 0.25) is 0 Å². The van der Waals surface area contributed by atoms with Crippen LogP contribution in [0.5, 0.6) is 0 Å². The maximum absolute atomic E-state index is 11.0. The zero-order valence-electron chi connectivity index (χ0n) is 18.1. The molecule has 1 atom stereocenters. The second-order valence-electron chi connectivity index (χ2n) is 8.30. The van der Waals surface area contributed by atoms with Gasteiger partial charge in [-0.15, -0.1) is 0 Å². The smallest absolute Gasteiger partial charge is 0.145 e. The summed E-state index contributed by atoms with van der Waals surface area (Å²) in [4.78, 5) is 19.2. The van der Waals surface area contributed by atoms with Crippen molar-refractivity contribution in [3.63, 3.8) is 0 Å². The molecule has 0 spiro atoms. The third-order valence-electron chi connectivity index (χ3n) is 6.10. The minimum Gasteiger partial charge on any atom is -0.771 e. The van der Waals surface area contributed by atoms with Gasteiger partial charge in [0, 0.05) is 35.3 Å². The van der Waals surface area contributed by atoms with Crippen molar-refractivity contribution in [2.24, 2.45) is 0 Å². The normalized spacial score (nSPS) is 16.2. The Labute approximate surface area is 194 Å². The van der Waals surface area contributed by atoms with Gasteiger partial charge in [0.25, 0.3) is 0 Å². The van der Waals surface area contributed by atoms with Crippen molar-refractivity contribution in [2.45, 2.75) is 25.3 Å². The van der Waals surface area contributed by atoms with Gasteiger partial charge in [0.2, 0.25) is 0 Å². The SMILES string of the molecule is O=S([O-])CN1CCC(c2cc3c(-c4cncc(NCc5ccccc5)n4)ccnc3[nH]2)CC1. The van der Waals surface area contributed by atoms with E-state index in [9.17, 15) is 8.76 Å². The highest BCUT2D eigenvalue weighted by Gasteiger charge is 2.23. The zero-order valence-corrected chi connectivity index (χ0v) is 18.9. The minimum atomic E-state index is -2.03. The van der Waals surface area contributed by atoms with Crippen LogP contribution in [0.4, 0.5) is 5.82 Å². The largest absolute Gasteiger partial charge is 0.771 e. The molecule has 1 saturated heterocycles. The highest BCUT2D eigenvalue weighted by molar-refractivity contribution is 7.79. The van der Waals surface area contributed by atoms with Gasteiger partial charge < -0.3 is 14.9 Å². The van der Waals surface area contributed by atoms with E-state index in [-0.39, 0.29) is 5.88 Å². The van der Waals surface area contributed by atoms with Gasteiger partial charge in [-0.1, -0.05) is 30.3 Å². The molecule has 3 aromatic heterocycles. The van der Waals surface area contributed by atoms with Crippen LogP contribution >= 0.6 is 0 Å². The molecule has 1 aliphatic rings. The number of anilines is 1. The number of nitrogens with one attached hydrogen (secondary N) is 2. The minimum absolute atomic E-state index is 0.110. The van der Waals surface area contributed by atoms with Crippen molar-refractivity contribution in [1.82, 2.24) is 24.8 Å². The molecule has 9 heteroatoms. The van der Waals surface area contributed by atoms with Crippen molar-refractivity contribution >= 4 is 27.9 Å². The van der Waals surface area contributed by atoms with Crippen LogP contribution < -0.4 is 5.32 Å². The van der Waals surface area contributed by atoms with Crippen molar-refractivity contribution in [1.29, 1.82) is 0 Å².